The second-order valence-corrected chi connectivity index (χ2v) is 10.9. The molecule has 1 aliphatic rings. The number of anilines is 2. The van der Waals surface area contributed by atoms with Crippen LogP contribution in [0.5, 0.6) is 5.88 Å². The van der Waals surface area contributed by atoms with Crippen molar-refractivity contribution in [3.8, 4) is 17.0 Å². The lowest BCUT2D eigenvalue weighted by Crippen LogP contribution is -2.43. The van der Waals surface area contributed by atoms with Crippen LogP contribution in [0, 0.1) is 6.92 Å². The lowest BCUT2D eigenvalue weighted by atomic mass is 10.0. The molecular formula is C29H37N11O. The van der Waals surface area contributed by atoms with E-state index in [0.717, 1.165) is 52.9 Å². The lowest BCUT2D eigenvalue weighted by molar-refractivity contribution is 0.127. The summed E-state index contributed by atoms with van der Waals surface area (Å²) < 4.78 is 8.17. The van der Waals surface area contributed by atoms with Gasteiger partial charge in [0.15, 0.2) is 5.82 Å². The fraction of sp³-hybridized carbons (Fsp3) is 0.414. The number of nitrogens with zero attached hydrogens (tertiary/aromatic N) is 8. The number of rotatable bonds is 9. The second-order valence-electron chi connectivity index (χ2n) is 10.9. The maximum atomic E-state index is 6.32. The van der Waals surface area contributed by atoms with Gasteiger partial charge in [0.05, 0.1) is 11.4 Å². The van der Waals surface area contributed by atoms with E-state index in [2.05, 4.69) is 56.1 Å². The number of nitrogen functional groups attached to an aromatic ring is 1. The van der Waals surface area contributed by atoms with E-state index in [1.165, 1.54) is 19.2 Å². The number of fused-ring (bicyclic) bond motifs is 2. The Hall–Kier alpha value is -4.29. The summed E-state index contributed by atoms with van der Waals surface area (Å²) in [7, 11) is 4.33. The van der Waals surface area contributed by atoms with Crippen LogP contribution in [0.1, 0.15) is 37.2 Å². The minimum atomic E-state index is -0.266. The topological polar surface area (TPSA) is 138 Å². The third-order valence-electron chi connectivity index (χ3n) is 7.93. The molecule has 0 saturated carbocycles. The number of aryl methyl sites for hydroxylation is 1. The fourth-order valence-electron chi connectivity index (χ4n) is 5.56. The third-order valence-corrected chi connectivity index (χ3v) is 7.93. The van der Waals surface area contributed by atoms with Crippen LogP contribution in [0.4, 0.5) is 11.6 Å². The molecule has 12 nitrogen and oxygen atoms in total. The van der Waals surface area contributed by atoms with Gasteiger partial charge >= 0.3 is 0 Å². The number of likely N-dealkylation sites (tertiary alicyclic amines) is 1. The van der Waals surface area contributed by atoms with Crippen molar-refractivity contribution in [2.75, 3.05) is 51.4 Å². The highest BCUT2D eigenvalue weighted by molar-refractivity contribution is 6.01. The van der Waals surface area contributed by atoms with Crippen LogP contribution in [0.25, 0.3) is 27.7 Å². The molecule has 1 fully saturated rings. The average molecular weight is 556 g/mol. The van der Waals surface area contributed by atoms with Gasteiger partial charge in [-0.2, -0.15) is 10.1 Å². The van der Waals surface area contributed by atoms with Crippen LogP contribution in [-0.2, 0) is 0 Å². The first kappa shape index (κ1) is 26.9. The highest BCUT2D eigenvalue weighted by Crippen LogP contribution is 2.34. The largest absolute Gasteiger partial charge is 0.475 e. The van der Waals surface area contributed by atoms with Gasteiger partial charge in [-0.1, -0.05) is 0 Å². The molecule has 12 heteroatoms. The molecule has 214 valence electrons. The first-order valence-corrected chi connectivity index (χ1v) is 14.1. The molecule has 5 aromatic rings. The Balaban J connectivity index is 1.22. The van der Waals surface area contributed by atoms with Gasteiger partial charge in [-0.15, -0.1) is 0 Å². The summed E-state index contributed by atoms with van der Waals surface area (Å²) in [4.78, 5) is 26.0. The van der Waals surface area contributed by atoms with Gasteiger partial charge in [0.2, 0.25) is 5.88 Å². The summed E-state index contributed by atoms with van der Waals surface area (Å²) >= 11 is 0. The van der Waals surface area contributed by atoms with Gasteiger partial charge in [-0.25, -0.2) is 19.5 Å². The Bertz CT molecular complexity index is 1650. The van der Waals surface area contributed by atoms with Gasteiger partial charge in [0.1, 0.15) is 35.7 Å². The SMILES string of the molecule is Cc1ccn2nc([C@H](C)Nc3ncnc4[nH]cc(-c5ccnc(N)c5)c34)nc(OCCN3CCC(N(C)C)CC3)c12. The Morgan fingerprint density at radius 3 is 2.80 bits per heavy atom. The predicted molar refractivity (Wildman–Crippen MR) is 160 cm³/mol. The van der Waals surface area contributed by atoms with Crippen molar-refractivity contribution in [2.24, 2.45) is 0 Å². The number of nitrogens with one attached hydrogen (secondary N) is 2. The smallest absolute Gasteiger partial charge is 0.242 e. The number of ether oxygens (including phenoxy) is 1. The zero-order valence-electron chi connectivity index (χ0n) is 24.0. The number of piperidine rings is 1. The van der Waals surface area contributed by atoms with Crippen molar-refractivity contribution < 1.29 is 4.74 Å². The van der Waals surface area contributed by atoms with Crippen LogP contribution in [0.2, 0.25) is 0 Å². The average Bonchev–Trinajstić information content (AvgIpc) is 3.58. The Labute approximate surface area is 239 Å². The molecule has 0 aromatic carbocycles. The zero-order chi connectivity index (χ0) is 28.5. The van der Waals surface area contributed by atoms with E-state index >= 15 is 0 Å². The molecule has 0 unspecified atom stereocenters. The highest BCUT2D eigenvalue weighted by Gasteiger charge is 2.22. The highest BCUT2D eigenvalue weighted by atomic mass is 16.5. The van der Waals surface area contributed by atoms with E-state index < -0.39 is 0 Å². The van der Waals surface area contributed by atoms with E-state index in [0.29, 0.717) is 36.0 Å². The van der Waals surface area contributed by atoms with Crippen LogP contribution < -0.4 is 15.8 Å². The molecule has 0 amide bonds. The van der Waals surface area contributed by atoms with Crippen LogP contribution >= 0.6 is 0 Å². The van der Waals surface area contributed by atoms with Crippen LogP contribution in [-0.4, -0.2) is 90.7 Å². The molecule has 0 radical (unpaired) electrons. The number of hydrogen-bond acceptors (Lipinski definition) is 10. The summed E-state index contributed by atoms with van der Waals surface area (Å²) in [6, 6.07) is 6.18. The van der Waals surface area contributed by atoms with E-state index in [9.17, 15) is 0 Å². The molecule has 1 atom stereocenters. The number of aromatic nitrogens is 7. The number of nitrogens with two attached hydrogens (primary N) is 1. The summed E-state index contributed by atoms with van der Waals surface area (Å²) in [5.74, 6) is 2.32. The minimum Gasteiger partial charge on any atom is -0.475 e. The quantitative estimate of drug-likeness (QED) is 0.248. The third kappa shape index (κ3) is 5.52. The van der Waals surface area contributed by atoms with Gasteiger partial charge < -0.3 is 25.7 Å². The van der Waals surface area contributed by atoms with Crippen molar-refractivity contribution in [1.29, 1.82) is 0 Å². The number of pyridine rings is 1. The second kappa shape index (κ2) is 11.3. The summed E-state index contributed by atoms with van der Waals surface area (Å²) in [6.45, 7) is 7.68. The van der Waals surface area contributed by atoms with Gasteiger partial charge in [0.25, 0.3) is 0 Å². The number of H-pyrrole nitrogens is 1. The Kier molecular flexibility index (Phi) is 7.41. The zero-order valence-corrected chi connectivity index (χ0v) is 24.0. The van der Waals surface area contributed by atoms with E-state index in [4.69, 9.17) is 20.6 Å². The minimum absolute atomic E-state index is 0.266. The van der Waals surface area contributed by atoms with Gasteiger partial charge in [-0.3, -0.25) is 4.90 Å². The van der Waals surface area contributed by atoms with Gasteiger partial charge in [0, 0.05) is 36.7 Å². The first-order valence-electron chi connectivity index (χ1n) is 14.1. The molecule has 1 saturated heterocycles. The van der Waals surface area contributed by atoms with Crippen molar-refractivity contribution in [3.05, 3.63) is 54.5 Å². The molecule has 4 N–H and O–H groups in total. The fourth-order valence-corrected chi connectivity index (χ4v) is 5.56. The van der Waals surface area contributed by atoms with Crippen molar-refractivity contribution in [3.63, 3.8) is 0 Å². The normalized spacial score (nSPS) is 15.6. The van der Waals surface area contributed by atoms with Gasteiger partial charge in [-0.05, 0) is 83.2 Å². The van der Waals surface area contributed by atoms with E-state index in [1.807, 2.05) is 42.0 Å². The molecule has 0 spiro atoms. The maximum absolute atomic E-state index is 6.32. The standard InChI is InChI=1S/C29H37N11O/c1-18-6-12-40-25(18)29(41-14-13-39-10-7-21(8-11-39)38(3)4)36-26(37-40)19(2)35-28-24-22(16-32-27(24)33-17-34-28)20-5-9-31-23(30)15-20/h5-6,9,12,15-17,19,21H,7-8,10-11,13-14H2,1-4H3,(H2,30,31)(H2,32,33,34,35)/t19-/m0/s1. The van der Waals surface area contributed by atoms with Crippen molar-refractivity contribution in [1.82, 2.24) is 44.3 Å². The maximum Gasteiger partial charge on any atom is 0.242 e. The first-order chi connectivity index (χ1) is 19.9. The van der Waals surface area contributed by atoms with Crippen molar-refractivity contribution in [2.45, 2.75) is 38.8 Å². The molecule has 6 heterocycles. The molecule has 41 heavy (non-hydrogen) atoms. The van der Waals surface area contributed by atoms with E-state index in [1.54, 1.807) is 6.20 Å². The summed E-state index contributed by atoms with van der Waals surface area (Å²) in [6.07, 6.45) is 9.45. The number of hydrogen-bond donors (Lipinski definition) is 3. The lowest BCUT2D eigenvalue weighted by Gasteiger charge is -2.35. The molecule has 1 aliphatic heterocycles. The van der Waals surface area contributed by atoms with Crippen molar-refractivity contribution >= 4 is 28.2 Å². The Morgan fingerprint density at radius 1 is 1.20 bits per heavy atom. The van der Waals surface area contributed by atoms with Crippen LogP contribution in [0.3, 0.4) is 0 Å². The summed E-state index contributed by atoms with van der Waals surface area (Å²) in [5.41, 5.74) is 10.5. The molecule has 6 rings (SSSR count). The molecule has 5 aromatic heterocycles. The predicted octanol–water partition coefficient (Wildman–Crippen LogP) is 3.53. The molecule has 0 aliphatic carbocycles. The molecular weight excluding hydrogens is 518 g/mol. The van der Waals surface area contributed by atoms with E-state index in [-0.39, 0.29) is 6.04 Å². The monoisotopic (exact) mass is 555 g/mol. The molecule has 0 bridgehead atoms. The number of aromatic amines is 1. The Morgan fingerprint density at radius 2 is 2.02 bits per heavy atom. The van der Waals surface area contributed by atoms with Crippen LogP contribution in [0.15, 0.2) is 43.1 Å². The summed E-state index contributed by atoms with van der Waals surface area (Å²) in [5, 5.41) is 9.17.